The van der Waals surface area contributed by atoms with Crippen molar-refractivity contribution >= 4 is 27.2 Å². The summed E-state index contributed by atoms with van der Waals surface area (Å²) in [6.45, 7) is 1.76. The molecule has 0 aliphatic heterocycles. The van der Waals surface area contributed by atoms with Gasteiger partial charge in [-0.25, -0.2) is 13.1 Å². The van der Waals surface area contributed by atoms with Crippen LogP contribution in [0.25, 0.3) is 0 Å². The van der Waals surface area contributed by atoms with E-state index in [9.17, 15) is 8.42 Å². The average molecular weight is 324 g/mol. The van der Waals surface area contributed by atoms with Gasteiger partial charge in [0.15, 0.2) is 0 Å². The first-order valence-corrected chi connectivity index (χ1v) is 8.31. The predicted octanol–water partition coefficient (Wildman–Crippen LogP) is 1.22. The van der Waals surface area contributed by atoms with Gasteiger partial charge in [0.05, 0.1) is 11.9 Å². The monoisotopic (exact) mass is 324 g/mol. The van der Waals surface area contributed by atoms with Crippen molar-refractivity contribution in [1.82, 2.24) is 14.9 Å². The minimum Gasteiger partial charge on any atom is -0.389 e. The standard InChI is InChI=1S/C13H16N4O2S2/c1-9(12-6-15-16-7-12)17-21(18,19)8-10-3-2-4-11(5-10)13(14)20/h2-7,9,17H,8H2,1H3,(H2,14,20)(H,15,16). The Balaban J connectivity index is 2.10. The van der Waals surface area contributed by atoms with Gasteiger partial charge in [-0.3, -0.25) is 5.10 Å². The molecule has 21 heavy (non-hydrogen) atoms. The second-order valence-electron chi connectivity index (χ2n) is 4.69. The lowest BCUT2D eigenvalue weighted by atomic mass is 10.1. The number of nitrogens with two attached hydrogens (primary N) is 1. The van der Waals surface area contributed by atoms with Gasteiger partial charge in [-0.15, -0.1) is 0 Å². The van der Waals surface area contributed by atoms with Crippen LogP contribution in [0.3, 0.4) is 0 Å². The molecule has 0 fully saturated rings. The first kappa shape index (κ1) is 15.6. The first-order valence-electron chi connectivity index (χ1n) is 6.25. The van der Waals surface area contributed by atoms with Crippen molar-refractivity contribution in [3.63, 3.8) is 0 Å². The van der Waals surface area contributed by atoms with Gasteiger partial charge in [0.1, 0.15) is 4.99 Å². The molecule has 0 spiro atoms. The van der Waals surface area contributed by atoms with Gasteiger partial charge in [0.2, 0.25) is 10.0 Å². The molecular formula is C13H16N4O2S2. The minimum absolute atomic E-state index is 0.133. The average Bonchev–Trinajstić information content (AvgIpc) is 2.91. The molecule has 0 bridgehead atoms. The van der Waals surface area contributed by atoms with Crippen LogP contribution < -0.4 is 10.5 Å². The van der Waals surface area contributed by atoms with E-state index < -0.39 is 10.0 Å². The summed E-state index contributed by atoms with van der Waals surface area (Å²) in [5, 5.41) is 6.45. The van der Waals surface area contributed by atoms with Crippen molar-refractivity contribution in [2.75, 3.05) is 0 Å². The van der Waals surface area contributed by atoms with Crippen LogP contribution in [-0.2, 0) is 15.8 Å². The van der Waals surface area contributed by atoms with Crippen molar-refractivity contribution in [3.05, 3.63) is 53.3 Å². The zero-order chi connectivity index (χ0) is 15.5. The first-order chi connectivity index (χ1) is 9.87. The summed E-state index contributed by atoms with van der Waals surface area (Å²) < 4.78 is 27.0. The number of rotatable bonds is 6. The maximum Gasteiger partial charge on any atom is 0.216 e. The molecule has 2 aromatic rings. The number of nitrogens with zero attached hydrogens (tertiary/aromatic N) is 1. The molecule has 0 saturated carbocycles. The van der Waals surface area contributed by atoms with E-state index in [0.29, 0.717) is 11.1 Å². The Hall–Kier alpha value is -1.77. The van der Waals surface area contributed by atoms with Crippen LogP contribution in [0.4, 0.5) is 0 Å². The van der Waals surface area contributed by atoms with Gasteiger partial charge in [0.25, 0.3) is 0 Å². The third-order valence-electron chi connectivity index (χ3n) is 2.94. The summed E-state index contributed by atoms with van der Waals surface area (Å²) in [4.78, 5) is 0.244. The zero-order valence-electron chi connectivity index (χ0n) is 11.4. The lowest BCUT2D eigenvalue weighted by molar-refractivity contribution is 0.566. The number of benzene rings is 1. The highest BCUT2D eigenvalue weighted by molar-refractivity contribution is 7.88. The molecule has 112 valence electrons. The second kappa shape index (κ2) is 6.33. The van der Waals surface area contributed by atoms with Crippen LogP contribution in [0.5, 0.6) is 0 Å². The molecule has 6 nitrogen and oxygen atoms in total. The molecule has 8 heteroatoms. The lowest BCUT2D eigenvalue weighted by Crippen LogP contribution is -2.28. The van der Waals surface area contributed by atoms with Gasteiger partial charge in [-0.1, -0.05) is 30.4 Å². The number of H-pyrrole nitrogens is 1. The highest BCUT2D eigenvalue weighted by atomic mass is 32.2. The van der Waals surface area contributed by atoms with Gasteiger partial charge >= 0.3 is 0 Å². The molecule has 1 atom stereocenters. The molecule has 1 aromatic heterocycles. The maximum atomic E-state index is 12.2. The van der Waals surface area contributed by atoms with Gasteiger partial charge in [-0.05, 0) is 18.6 Å². The molecule has 0 aliphatic carbocycles. The molecule has 0 aliphatic rings. The largest absolute Gasteiger partial charge is 0.389 e. The molecule has 1 aromatic carbocycles. The zero-order valence-corrected chi connectivity index (χ0v) is 13.0. The summed E-state index contributed by atoms with van der Waals surface area (Å²) in [6.07, 6.45) is 3.24. The fourth-order valence-corrected chi connectivity index (χ4v) is 3.41. The molecule has 1 heterocycles. The number of sulfonamides is 1. The Bertz CT molecular complexity index is 726. The van der Waals surface area contributed by atoms with Crippen molar-refractivity contribution in [2.45, 2.75) is 18.7 Å². The fraction of sp³-hybridized carbons (Fsp3) is 0.231. The quantitative estimate of drug-likeness (QED) is 0.694. The molecule has 0 radical (unpaired) electrons. The fourth-order valence-electron chi connectivity index (χ4n) is 1.91. The predicted molar refractivity (Wildman–Crippen MR) is 85.1 cm³/mol. The second-order valence-corrected chi connectivity index (χ2v) is 6.89. The Morgan fingerprint density at radius 2 is 2.29 bits per heavy atom. The van der Waals surface area contributed by atoms with E-state index in [2.05, 4.69) is 14.9 Å². The third kappa shape index (κ3) is 4.35. The highest BCUT2D eigenvalue weighted by Gasteiger charge is 2.17. The maximum absolute atomic E-state index is 12.2. The van der Waals surface area contributed by atoms with E-state index in [-0.39, 0.29) is 16.8 Å². The van der Waals surface area contributed by atoms with Crippen molar-refractivity contribution in [1.29, 1.82) is 0 Å². The summed E-state index contributed by atoms with van der Waals surface area (Å²) in [6, 6.07) is 6.54. The molecule has 1 unspecified atom stereocenters. The van der Waals surface area contributed by atoms with Crippen LogP contribution >= 0.6 is 12.2 Å². The summed E-state index contributed by atoms with van der Waals surface area (Å²) in [7, 11) is -3.48. The van der Waals surface area contributed by atoms with Crippen molar-refractivity contribution in [3.8, 4) is 0 Å². The van der Waals surface area contributed by atoms with E-state index in [4.69, 9.17) is 18.0 Å². The van der Waals surface area contributed by atoms with Gasteiger partial charge in [-0.2, -0.15) is 5.10 Å². The smallest absolute Gasteiger partial charge is 0.216 e. The van der Waals surface area contributed by atoms with Gasteiger partial charge < -0.3 is 5.73 Å². The summed E-state index contributed by atoms with van der Waals surface area (Å²) >= 11 is 4.89. The summed E-state index contributed by atoms with van der Waals surface area (Å²) in [5.41, 5.74) is 7.61. The number of aromatic nitrogens is 2. The van der Waals surface area contributed by atoms with Crippen LogP contribution in [0, 0.1) is 0 Å². The van der Waals surface area contributed by atoms with Crippen LogP contribution in [0.15, 0.2) is 36.7 Å². The van der Waals surface area contributed by atoms with Crippen LogP contribution in [0.2, 0.25) is 0 Å². The molecular weight excluding hydrogens is 308 g/mol. The van der Waals surface area contributed by atoms with Crippen molar-refractivity contribution in [2.24, 2.45) is 5.73 Å². The molecule has 4 N–H and O–H groups in total. The highest BCUT2D eigenvalue weighted by Crippen LogP contribution is 2.14. The van der Waals surface area contributed by atoms with Gasteiger partial charge in [0, 0.05) is 23.4 Å². The normalized spacial score (nSPS) is 13.0. The molecule has 0 amide bonds. The topological polar surface area (TPSA) is 101 Å². The van der Waals surface area contributed by atoms with Crippen molar-refractivity contribution < 1.29 is 8.42 Å². The summed E-state index contributed by atoms with van der Waals surface area (Å²) in [5.74, 6) is -0.133. The lowest BCUT2D eigenvalue weighted by Gasteiger charge is -2.13. The number of hydrogen-bond donors (Lipinski definition) is 3. The number of thiocarbonyl (C=S) groups is 1. The van der Waals surface area contributed by atoms with E-state index in [1.807, 2.05) is 0 Å². The Labute approximate surface area is 128 Å². The Morgan fingerprint density at radius 3 is 2.90 bits per heavy atom. The molecule has 2 rings (SSSR count). The van der Waals surface area contributed by atoms with Crippen LogP contribution in [-0.4, -0.2) is 23.6 Å². The van der Waals surface area contributed by atoms with E-state index in [1.54, 1.807) is 43.6 Å². The Kier molecular flexibility index (Phi) is 4.71. The third-order valence-corrected chi connectivity index (χ3v) is 4.61. The number of aromatic amines is 1. The Morgan fingerprint density at radius 1 is 1.52 bits per heavy atom. The van der Waals surface area contributed by atoms with E-state index >= 15 is 0 Å². The minimum atomic E-state index is -3.48. The number of hydrogen-bond acceptors (Lipinski definition) is 4. The van der Waals surface area contributed by atoms with E-state index in [1.165, 1.54) is 0 Å². The van der Waals surface area contributed by atoms with Crippen LogP contribution in [0.1, 0.15) is 29.7 Å². The SMILES string of the molecule is CC(NS(=O)(=O)Cc1cccc(C(N)=S)c1)c1cn[nH]c1. The number of nitrogens with one attached hydrogen (secondary N) is 2. The molecule has 0 saturated heterocycles. The van der Waals surface area contributed by atoms with E-state index in [0.717, 1.165) is 5.56 Å².